The molecule has 0 aromatic heterocycles. The van der Waals surface area contributed by atoms with Crippen molar-refractivity contribution >= 4 is 16.2 Å². The molecule has 0 atom stereocenters. The standard InChI is InChI=1S/C17H35N2.CH4O4S/c1-4-5-6-7-8-9-10-11-12-13-14-17-18(2)15-16-19(17)3;1-5-6(2,3)4/h4-16H2,1-3H3;1H3,(H,2,3,4)/q+1;/p-1. The van der Waals surface area contributed by atoms with E-state index in [-0.39, 0.29) is 0 Å². The van der Waals surface area contributed by atoms with Crippen LogP contribution in [0.3, 0.4) is 0 Å². The van der Waals surface area contributed by atoms with Gasteiger partial charge in [-0.2, -0.15) is 0 Å². The second-order valence-corrected chi connectivity index (χ2v) is 7.92. The van der Waals surface area contributed by atoms with Gasteiger partial charge in [0.25, 0.3) is 0 Å². The SMILES string of the molecule is CCCCCCCCCCCCC1=[N+](C)CCN1C.COS(=O)(=O)[O-]. The summed E-state index contributed by atoms with van der Waals surface area (Å²) in [7, 11) is 0.858. The Balaban J connectivity index is 0.000000823. The Morgan fingerprint density at radius 2 is 1.48 bits per heavy atom. The number of nitrogens with zero attached hydrogens (tertiary/aromatic N) is 2. The van der Waals surface area contributed by atoms with E-state index in [1.807, 2.05) is 0 Å². The van der Waals surface area contributed by atoms with Crippen molar-refractivity contribution in [2.24, 2.45) is 0 Å². The molecule has 7 heteroatoms. The largest absolute Gasteiger partial charge is 0.726 e. The molecule has 0 amide bonds. The monoisotopic (exact) mass is 378 g/mol. The van der Waals surface area contributed by atoms with E-state index in [2.05, 4.69) is 34.7 Å². The summed E-state index contributed by atoms with van der Waals surface area (Å²) in [5, 5.41) is 0. The van der Waals surface area contributed by atoms with Crippen LogP contribution in [0.1, 0.15) is 77.6 Å². The molecule has 0 fully saturated rings. The van der Waals surface area contributed by atoms with Crippen LogP contribution in [0.25, 0.3) is 0 Å². The van der Waals surface area contributed by atoms with Crippen LogP contribution in [0.2, 0.25) is 0 Å². The molecule has 0 saturated heterocycles. The zero-order chi connectivity index (χ0) is 19.1. The van der Waals surface area contributed by atoms with E-state index in [1.165, 1.54) is 83.7 Å². The van der Waals surface area contributed by atoms with Gasteiger partial charge in [0.1, 0.15) is 13.1 Å². The molecule has 150 valence electrons. The van der Waals surface area contributed by atoms with Crippen LogP contribution in [-0.2, 0) is 14.6 Å². The lowest BCUT2D eigenvalue weighted by Crippen LogP contribution is -2.24. The molecular weight excluding hydrogens is 340 g/mol. The number of hydrogen-bond donors (Lipinski definition) is 0. The van der Waals surface area contributed by atoms with Gasteiger partial charge in [-0.3, -0.25) is 13.7 Å². The average molecular weight is 379 g/mol. The van der Waals surface area contributed by atoms with Gasteiger partial charge in [-0.15, -0.1) is 0 Å². The Hall–Kier alpha value is -0.660. The summed E-state index contributed by atoms with van der Waals surface area (Å²) >= 11 is 0. The molecule has 6 nitrogen and oxygen atoms in total. The van der Waals surface area contributed by atoms with Crippen molar-refractivity contribution in [3.8, 4) is 0 Å². The summed E-state index contributed by atoms with van der Waals surface area (Å²) in [6, 6.07) is 0. The van der Waals surface area contributed by atoms with E-state index >= 15 is 0 Å². The average Bonchev–Trinajstić information content (AvgIpc) is 2.88. The Morgan fingerprint density at radius 3 is 1.84 bits per heavy atom. The summed E-state index contributed by atoms with van der Waals surface area (Å²) in [6.45, 7) is 4.71. The normalized spacial score (nSPS) is 14.7. The van der Waals surface area contributed by atoms with E-state index in [0.717, 1.165) is 7.11 Å². The first-order chi connectivity index (χ1) is 11.8. The van der Waals surface area contributed by atoms with Crippen LogP contribution in [0, 0.1) is 0 Å². The van der Waals surface area contributed by atoms with Crippen LogP contribution in [0.5, 0.6) is 0 Å². The Morgan fingerprint density at radius 1 is 1.04 bits per heavy atom. The fourth-order valence-electron chi connectivity index (χ4n) is 3.00. The van der Waals surface area contributed by atoms with Gasteiger partial charge in [-0.1, -0.05) is 64.7 Å². The number of unbranched alkanes of at least 4 members (excludes halogenated alkanes) is 9. The maximum atomic E-state index is 9.22. The molecule has 0 spiro atoms. The van der Waals surface area contributed by atoms with Gasteiger partial charge in [0.15, 0.2) is 0 Å². The Bertz CT molecular complexity index is 464. The fourth-order valence-corrected chi connectivity index (χ4v) is 3.00. The summed E-state index contributed by atoms with van der Waals surface area (Å²) in [4.78, 5) is 2.42. The molecule has 0 aromatic carbocycles. The maximum absolute atomic E-state index is 9.22. The molecule has 0 aromatic rings. The van der Waals surface area contributed by atoms with E-state index in [0.29, 0.717) is 0 Å². The number of amidine groups is 1. The maximum Gasteiger partial charge on any atom is 0.246 e. The lowest BCUT2D eigenvalue weighted by molar-refractivity contribution is -0.487. The van der Waals surface area contributed by atoms with Crippen LogP contribution >= 0.6 is 0 Å². The number of likely N-dealkylation sites (N-methyl/N-ethyl adjacent to an activating group) is 2. The Labute approximate surface area is 155 Å². The van der Waals surface area contributed by atoms with Crippen molar-refractivity contribution in [3.05, 3.63) is 0 Å². The Kier molecular flexibility index (Phi) is 14.1. The van der Waals surface area contributed by atoms with E-state index in [9.17, 15) is 13.0 Å². The third-order valence-electron chi connectivity index (χ3n) is 4.61. The molecule has 1 rings (SSSR count). The molecule has 1 heterocycles. The highest BCUT2D eigenvalue weighted by atomic mass is 32.3. The summed E-state index contributed by atoms with van der Waals surface area (Å²) in [5.41, 5.74) is 0. The lowest BCUT2D eigenvalue weighted by Gasteiger charge is -2.07. The zero-order valence-corrected chi connectivity index (χ0v) is 17.4. The second-order valence-electron chi connectivity index (χ2n) is 6.77. The third kappa shape index (κ3) is 14.2. The third-order valence-corrected chi connectivity index (χ3v) is 5.02. The zero-order valence-electron chi connectivity index (χ0n) is 16.6. The molecule has 25 heavy (non-hydrogen) atoms. The van der Waals surface area contributed by atoms with Gasteiger partial charge in [-0.25, -0.2) is 8.42 Å². The van der Waals surface area contributed by atoms with Crippen molar-refractivity contribution in [3.63, 3.8) is 0 Å². The molecule has 0 bridgehead atoms. The molecule has 1 aliphatic heterocycles. The summed E-state index contributed by atoms with van der Waals surface area (Å²) in [6.07, 6.45) is 15.6. The van der Waals surface area contributed by atoms with E-state index in [4.69, 9.17) is 0 Å². The topological polar surface area (TPSA) is 72.7 Å². The predicted molar refractivity (Wildman–Crippen MR) is 102 cm³/mol. The van der Waals surface area contributed by atoms with Crippen LogP contribution in [0.4, 0.5) is 0 Å². The molecule has 0 unspecified atom stereocenters. The predicted octanol–water partition coefficient (Wildman–Crippen LogP) is 3.38. The minimum Gasteiger partial charge on any atom is -0.726 e. The van der Waals surface area contributed by atoms with Crippen molar-refractivity contribution in [1.82, 2.24) is 4.90 Å². The number of hydrogen-bond acceptors (Lipinski definition) is 5. The van der Waals surface area contributed by atoms with Gasteiger partial charge in [-0.05, 0) is 6.42 Å². The highest BCUT2D eigenvalue weighted by molar-refractivity contribution is 7.80. The first-order valence-corrected chi connectivity index (χ1v) is 10.9. The van der Waals surface area contributed by atoms with Crippen LogP contribution in [0.15, 0.2) is 0 Å². The van der Waals surface area contributed by atoms with Crippen molar-refractivity contribution < 1.29 is 21.7 Å². The minimum absolute atomic E-state index is 0.808. The smallest absolute Gasteiger partial charge is 0.246 e. The van der Waals surface area contributed by atoms with Gasteiger partial charge >= 0.3 is 0 Å². The van der Waals surface area contributed by atoms with Crippen molar-refractivity contribution in [2.45, 2.75) is 77.6 Å². The minimum atomic E-state index is -4.41. The fraction of sp³-hybridized carbons (Fsp3) is 0.944. The highest BCUT2D eigenvalue weighted by Crippen LogP contribution is 2.12. The van der Waals surface area contributed by atoms with Crippen LogP contribution < -0.4 is 0 Å². The molecule has 1 aliphatic rings. The van der Waals surface area contributed by atoms with Gasteiger partial charge in [0.05, 0.1) is 21.2 Å². The highest BCUT2D eigenvalue weighted by Gasteiger charge is 2.23. The second kappa shape index (κ2) is 14.5. The lowest BCUT2D eigenvalue weighted by atomic mass is 10.1. The molecule has 0 N–H and O–H groups in total. The summed E-state index contributed by atoms with van der Waals surface area (Å²) in [5.74, 6) is 1.56. The molecule has 0 radical (unpaired) electrons. The first kappa shape index (κ1) is 24.3. The molecular formula is C18H38N2O4S. The van der Waals surface area contributed by atoms with Gasteiger partial charge in [0, 0.05) is 6.42 Å². The number of rotatable bonds is 12. The van der Waals surface area contributed by atoms with Crippen LogP contribution in [-0.4, -0.2) is 62.6 Å². The van der Waals surface area contributed by atoms with Gasteiger partial charge in [0.2, 0.25) is 16.2 Å². The van der Waals surface area contributed by atoms with E-state index in [1.54, 1.807) is 5.84 Å². The quantitative estimate of drug-likeness (QED) is 0.225. The van der Waals surface area contributed by atoms with Crippen molar-refractivity contribution in [1.29, 1.82) is 0 Å². The van der Waals surface area contributed by atoms with Crippen molar-refractivity contribution in [2.75, 3.05) is 34.3 Å². The first-order valence-electron chi connectivity index (χ1n) is 9.61. The molecule has 0 saturated carbocycles. The molecule has 0 aliphatic carbocycles. The van der Waals surface area contributed by atoms with E-state index < -0.39 is 10.4 Å². The summed E-state index contributed by atoms with van der Waals surface area (Å²) < 4.78 is 33.4. The van der Waals surface area contributed by atoms with Gasteiger partial charge < -0.3 is 4.55 Å².